The number of nitrogens with zero attached hydrogens (tertiary/aromatic N) is 5. The lowest BCUT2D eigenvalue weighted by molar-refractivity contribution is -0.122. The number of likely N-dealkylation sites (tertiary alicyclic amines) is 1. The van der Waals surface area contributed by atoms with Crippen molar-refractivity contribution in [1.29, 1.82) is 0 Å². The molecule has 1 amide bonds. The molecule has 0 unspecified atom stereocenters. The van der Waals surface area contributed by atoms with Crippen molar-refractivity contribution >= 4 is 11.4 Å². The second-order valence-electron chi connectivity index (χ2n) is 7.41. The Labute approximate surface area is 174 Å². The Hall–Kier alpha value is -3.20. The van der Waals surface area contributed by atoms with Crippen LogP contribution in [-0.2, 0) is 11.3 Å². The number of amides is 1. The van der Waals surface area contributed by atoms with E-state index in [1.54, 1.807) is 13.2 Å². The summed E-state index contributed by atoms with van der Waals surface area (Å²) in [6.45, 7) is 4.67. The molecule has 1 aliphatic rings. The average molecular weight is 410 g/mol. The molecule has 1 saturated heterocycles. The Morgan fingerprint density at radius 2 is 2.10 bits per heavy atom. The van der Waals surface area contributed by atoms with E-state index in [1.807, 2.05) is 24.3 Å². The van der Waals surface area contributed by atoms with Gasteiger partial charge in [-0.05, 0) is 56.3 Å². The van der Waals surface area contributed by atoms with E-state index in [4.69, 9.17) is 4.74 Å². The maximum Gasteiger partial charge on any atom is 0.293 e. The zero-order chi connectivity index (χ0) is 21.1. The summed E-state index contributed by atoms with van der Waals surface area (Å²) in [5.41, 5.74) is 1.53. The van der Waals surface area contributed by atoms with Gasteiger partial charge in [0, 0.05) is 18.2 Å². The van der Waals surface area contributed by atoms with Crippen LogP contribution in [-0.4, -0.2) is 63.0 Å². The highest BCUT2D eigenvalue weighted by atomic mass is 16.5. The van der Waals surface area contributed by atoms with Crippen molar-refractivity contribution in [2.24, 2.45) is 0 Å². The lowest BCUT2D eigenvalue weighted by atomic mass is 10.1. The van der Waals surface area contributed by atoms with Crippen molar-refractivity contribution < 1.29 is 9.53 Å². The second-order valence-corrected chi connectivity index (χ2v) is 7.41. The Balaban J connectivity index is 1.47. The third-order valence-electron chi connectivity index (χ3n) is 5.61. The number of carbonyl (C=O) groups excluding carboxylic acids is 1. The molecule has 1 fully saturated rings. The number of rotatable bonds is 7. The van der Waals surface area contributed by atoms with Gasteiger partial charge in [0.15, 0.2) is 0 Å². The summed E-state index contributed by atoms with van der Waals surface area (Å²) in [4.78, 5) is 27.5. The summed E-state index contributed by atoms with van der Waals surface area (Å²) in [7, 11) is 1.61. The molecule has 0 aliphatic carbocycles. The van der Waals surface area contributed by atoms with Crippen LogP contribution in [0.15, 0.2) is 41.5 Å². The number of nitrogens with one attached hydrogen (secondary N) is 1. The monoisotopic (exact) mass is 410 g/mol. The quantitative estimate of drug-likeness (QED) is 0.628. The molecule has 158 valence electrons. The number of hydrogen-bond acceptors (Lipinski definition) is 6. The number of methoxy groups -OCH3 is 1. The predicted octanol–water partition coefficient (Wildman–Crippen LogP) is 1.17. The highest BCUT2D eigenvalue weighted by Crippen LogP contribution is 2.21. The standard InChI is InChI=1S/C21H26N6O3/c1-3-25-10-4-5-16(25)12-22-20(28)13-26-21(29)19-11-18(24-27(19)14-23-26)15-6-8-17(30-2)9-7-15/h6-9,11,14,16H,3-5,10,12-13H2,1-2H3,(H,22,28)/t16-/m1/s1. The first-order valence-electron chi connectivity index (χ1n) is 10.2. The predicted molar refractivity (Wildman–Crippen MR) is 113 cm³/mol. The first kappa shape index (κ1) is 20.1. The van der Waals surface area contributed by atoms with E-state index in [1.165, 1.54) is 15.5 Å². The van der Waals surface area contributed by atoms with Gasteiger partial charge in [-0.25, -0.2) is 9.20 Å². The maximum absolute atomic E-state index is 12.8. The van der Waals surface area contributed by atoms with Gasteiger partial charge >= 0.3 is 0 Å². The molecule has 1 aromatic carbocycles. The molecule has 0 radical (unpaired) electrons. The minimum Gasteiger partial charge on any atom is -0.497 e. The van der Waals surface area contributed by atoms with Crippen LogP contribution < -0.4 is 15.6 Å². The third-order valence-corrected chi connectivity index (χ3v) is 5.61. The smallest absolute Gasteiger partial charge is 0.293 e. The van der Waals surface area contributed by atoms with Gasteiger partial charge in [0.1, 0.15) is 24.1 Å². The maximum atomic E-state index is 12.8. The van der Waals surface area contributed by atoms with Crippen molar-refractivity contribution in [2.45, 2.75) is 32.4 Å². The molecular formula is C21H26N6O3. The average Bonchev–Trinajstić information content (AvgIpc) is 3.41. The Bertz CT molecular complexity index is 1090. The zero-order valence-corrected chi connectivity index (χ0v) is 17.2. The highest BCUT2D eigenvalue weighted by molar-refractivity contribution is 5.75. The van der Waals surface area contributed by atoms with E-state index in [-0.39, 0.29) is 18.0 Å². The molecule has 1 N–H and O–H groups in total. The van der Waals surface area contributed by atoms with Crippen LogP contribution in [0.3, 0.4) is 0 Å². The van der Waals surface area contributed by atoms with E-state index in [0.29, 0.717) is 23.8 Å². The number of likely N-dealkylation sites (N-methyl/N-ethyl adjacent to an activating group) is 1. The van der Waals surface area contributed by atoms with Crippen LogP contribution >= 0.6 is 0 Å². The SMILES string of the molecule is CCN1CCC[C@@H]1CNC(=O)Cn1ncn2nc(-c3ccc(OC)cc3)cc2c1=O. The van der Waals surface area contributed by atoms with Crippen molar-refractivity contribution in [3.05, 3.63) is 47.0 Å². The van der Waals surface area contributed by atoms with Gasteiger partial charge in [-0.3, -0.25) is 14.5 Å². The normalized spacial score (nSPS) is 16.8. The first-order chi connectivity index (χ1) is 14.6. The van der Waals surface area contributed by atoms with Gasteiger partial charge in [0.05, 0.1) is 12.8 Å². The molecule has 3 heterocycles. The van der Waals surface area contributed by atoms with Gasteiger partial charge in [-0.15, -0.1) is 0 Å². The minimum atomic E-state index is -0.351. The summed E-state index contributed by atoms with van der Waals surface area (Å²) in [5.74, 6) is 0.531. The van der Waals surface area contributed by atoms with E-state index < -0.39 is 0 Å². The third kappa shape index (κ3) is 4.06. The van der Waals surface area contributed by atoms with Crippen LogP contribution in [0.1, 0.15) is 19.8 Å². The van der Waals surface area contributed by atoms with Gasteiger partial charge in [0.25, 0.3) is 5.56 Å². The number of aromatic nitrogens is 4. The van der Waals surface area contributed by atoms with Crippen LogP contribution in [0.2, 0.25) is 0 Å². The molecule has 0 spiro atoms. The number of fused-ring (bicyclic) bond motifs is 1. The molecule has 9 nitrogen and oxygen atoms in total. The number of ether oxygens (including phenoxy) is 1. The zero-order valence-electron chi connectivity index (χ0n) is 17.2. The van der Waals surface area contributed by atoms with E-state index >= 15 is 0 Å². The summed E-state index contributed by atoms with van der Waals surface area (Å²) < 4.78 is 7.79. The molecule has 1 aliphatic heterocycles. The van der Waals surface area contributed by atoms with E-state index in [0.717, 1.165) is 37.2 Å². The van der Waals surface area contributed by atoms with Crippen LogP contribution in [0.25, 0.3) is 16.8 Å². The van der Waals surface area contributed by atoms with Gasteiger partial charge in [0.2, 0.25) is 5.91 Å². The lowest BCUT2D eigenvalue weighted by Gasteiger charge is -2.22. The lowest BCUT2D eigenvalue weighted by Crippen LogP contribution is -2.42. The summed E-state index contributed by atoms with van der Waals surface area (Å²) in [6, 6.07) is 9.51. The fraction of sp³-hybridized carbons (Fsp3) is 0.429. The summed E-state index contributed by atoms with van der Waals surface area (Å²) in [5, 5.41) is 11.5. The van der Waals surface area contributed by atoms with Crippen molar-refractivity contribution in [3.8, 4) is 17.0 Å². The van der Waals surface area contributed by atoms with E-state index in [9.17, 15) is 9.59 Å². The molecule has 9 heteroatoms. The molecule has 2 aromatic heterocycles. The largest absolute Gasteiger partial charge is 0.497 e. The highest BCUT2D eigenvalue weighted by Gasteiger charge is 2.23. The number of hydrogen-bond donors (Lipinski definition) is 1. The summed E-state index contributed by atoms with van der Waals surface area (Å²) in [6.07, 6.45) is 3.69. The molecule has 30 heavy (non-hydrogen) atoms. The van der Waals surface area contributed by atoms with E-state index in [2.05, 4.69) is 27.3 Å². The first-order valence-corrected chi connectivity index (χ1v) is 10.2. The second kappa shape index (κ2) is 8.66. The Morgan fingerprint density at radius 1 is 1.30 bits per heavy atom. The fourth-order valence-electron chi connectivity index (χ4n) is 3.92. The number of carbonyl (C=O) groups is 1. The van der Waals surface area contributed by atoms with Gasteiger partial charge < -0.3 is 10.1 Å². The minimum absolute atomic E-state index is 0.114. The van der Waals surface area contributed by atoms with Crippen molar-refractivity contribution in [3.63, 3.8) is 0 Å². The topological polar surface area (TPSA) is 93.8 Å². The molecule has 1 atom stereocenters. The van der Waals surface area contributed by atoms with Gasteiger partial charge in [-0.1, -0.05) is 6.92 Å². The van der Waals surface area contributed by atoms with Crippen LogP contribution in [0.5, 0.6) is 5.75 Å². The summed E-state index contributed by atoms with van der Waals surface area (Å²) >= 11 is 0. The Morgan fingerprint density at radius 3 is 2.83 bits per heavy atom. The molecular weight excluding hydrogens is 384 g/mol. The van der Waals surface area contributed by atoms with Crippen LogP contribution in [0.4, 0.5) is 0 Å². The Kier molecular flexibility index (Phi) is 5.80. The van der Waals surface area contributed by atoms with Gasteiger partial charge in [-0.2, -0.15) is 10.2 Å². The van der Waals surface area contributed by atoms with Crippen molar-refractivity contribution in [2.75, 3.05) is 26.7 Å². The van der Waals surface area contributed by atoms with Crippen molar-refractivity contribution in [1.82, 2.24) is 29.6 Å². The molecule has 4 rings (SSSR count). The molecule has 3 aromatic rings. The number of benzene rings is 1. The molecule has 0 saturated carbocycles. The van der Waals surface area contributed by atoms with Crippen LogP contribution in [0, 0.1) is 0 Å². The fourth-order valence-corrected chi connectivity index (χ4v) is 3.92. The molecule has 0 bridgehead atoms.